The van der Waals surface area contributed by atoms with Crippen LogP contribution in [0.4, 0.5) is 0 Å². The summed E-state index contributed by atoms with van der Waals surface area (Å²) < 4.78 is 32.6. The summed E-state index contributed by atoms with van der Waals surface area (Å²) in [5.74, 6) is 0.723. The molecular formula is C15H25ClN2O3S. The molecule has 1 heterocycles. The zero-order valence-electron chi connectivity index (χ0n) is 13.3. The molecule has 1 fully saturated rings. The van der Waals surface area contributed by atoms with Gasteiger partial charge in [0.05, 0.1) is 11.0 Å². The molecule has 1 unspecified atom stereocenters. The van der Waals surface area contributed by atoms with Gasteiger partial charge in [-0.2, -0.15) is 4.31 Å². The lowest BCUT2D eigenvalue weighted by atomic mass is 10.2. The van der Waals surface area contributed by atoms with Crippen molar-refractivity contribution in [3.8, 4) is 5.75 Å². The summed E-state index contributed by atoms with van der Waals surface area (Å²) in [6.07, 6.45) is 1.77. The third-order valence-corrected chi connectivity index (χ3v) is 5.66. The second-order valence-electron chi connectivity index (χ2n) is 5.74. The first kappa shape index (κ1) is 19.2. The van der Waals surface area contributed by atoms with E-state index in [2.05, 4.69) is 0 Å². The lowest BCUT2D eigenvalue weighted by molar-refractivity contribution is 0.240. The minimum atomic E-state index is -3.47. The molecule has 0 aromatic heterocycles. The van der Waals surface area contributed by atoms with E-state index in [1.54, 1.807) is 18.2 Å². The summed E-state index contributed by atoms with van der Waals surface area (Å²) >= 11 is 0. The number of rotatable bonds is 5. The molecule has 22 heavy (non-hydrogen) atoms. The molecule has 0 bridgehead atoms. The second-order valence-corrected chi connectivity index (χ2v) is 7.63. The van der Waals surface area contributed by atoms with Gasteiger partial charge in [-0.15, -0.1) is 12.4 Å². The Labute approximate surface area is 139 Å². The van der Waals surface area contributed by atoms with E-state index in [9.17, 15) is 8.42 Å². The van der Waals surface area contributed by atoms with Crippen LogP contribution in [0.2, 0.25) is 0 Å². The number of nitrogens with zero attached hydrogens (tertiary/aromatic N) is 1. The Morgan fingerprint density at radius 2 is 2.09 bits per heavy atom. The number of benzene rings is 1. The van der Waals surface area contributed by atoms with E-state index in [1.807, 2.05) is 20.8 Å². The molecule has 1 atom stereocenters. The van der Waals surface area contributed by atoms with E-state index in [4.69, 9.17) is 10.5 Å². The van der Waals surface area contributed by atoms with Crippen molar-refractivity contribution >= 4 is 22.4 Å². The van der Waals surface area contributed by atoms with Crippen molar-refractivity contribution in [3.63, 3.8) is 0 Å². The molecule has 0 saturated carbocycles. The fraction of sp³-hybridized carbons (Fsp3) is 0.600. The van der Waals surface area contributed by atoms with Crippen molar-refractivity contribution in [2.75, 3.05) is 13.1 Å². The molecule has 1 saturated heterocycles. The first-order valence-corrected chi connectivity index (χ1v) is 8.79. The molecule has 0 aliphatic carbocycles. The Bertz CT molecular complexity index is 605. The summed E-state index contributed by atoms with van der Waals surface area (Å²) in [4.78, 5) is 0.316. The fourth-order valence-corrected chi connectivity index (χ4v) is 4.46. The first-order valence-electron chi connectivity index (χ1n) is 7.35. The summed E-state index contributed by atoms with van der Waals surface area (Å²) in [5, 5.41) is 0. The summed E-state index contributed by atoms with van der Waals surface area (Å²) in [6, 6.07) is 4.95. The number of sulfonamides is 1. The van der Waals surface area contributed by atoms with Crippen LogP contribution in [0.25, 0.3) is 0 Å². The number of ether oxygens (including phenoxy) is 1. The average molecular weight is 349 g/mol. The van der Waals surface area contributed by atoms with Crippen LogP contribution in [0.15, 0.2) is 23.1 Å². The standard InChI is InChI=1S/C15H24N2O3S.ClH/c1-11(2)20-15-7-6-14(9-12(15)3)21(18,19)17-8-4-5-13(17)10-16;/h6-7,9,11,13H,4-5,8,10,16H2,1-3H3;1H. The van der Waals surface area contributed by atoms with Crippen molar-refractivity contribution < 1.29 is 13.2 Å². The predicted molar refractivity (Wildman–Crippen MR) is 90.2 cm³/mol. The molecule has 126 valence electrons. The Morgan fingerprint density at radius 3 is 2.64 bits per heavy atom. The number of hydrogen-bond acceptors (Lipinski definition) is 4. The molecule has 1 aliphatic rings. The van der Waals surface area contributed by atoms with Crippen molar-refractivity contribution in [1.29, 1.82) is 0 Å². The molecule has 1 aromatic carbocycles. The van der Waals surface area contributed by atoms with Crippen LogP contribution in [0.5, 0.6) is 5.75 Å². The minimum Gasteiger partial charge on any atom is -0.491 e. The molecule has 1 aromatic rings. The highest BCUT2D eigenvalue weighted by atomic mass is 35.5. The van der Waals surface area contributed by atoms with Gasteiger partial charge in [0.25, 0.3) is 0 Å². The van der Waals surface area contributed by atoms with Crippen LogP contribution < -0.4 is 10.5 Å². The summed E-state index contributed by atoms with van der Waals surface area (Å²) in [5.41, 5.74) is 6.51. The van der Waals surface area contributed by atoms with Gasteiger partial charge in [-0.3, -0.25) is 0 Å². The van der Waals surface area contributed by atoms with Gasteiger partial charge in [0.15, 0.2) is 0 Å². The molecule has 2 N–H and O–H groups in total. The van der Waals surface area contributed by atoms with Crippen molar-refractivity contribution in [1.82, 2.24) is 4.31 Å². The maximum Gasteiger partial charge on any atom is 0.243 e. The molecule has 2 rings (SSSR count). The molecule has 7 heteroatoms. The summed E-state index contributed by atoms with van der Waals surface area (Å²) in [7, 11) is -3.47. The van der Waals surface area contributed by atoms with Crippen molar-refractivity contribution in [2.45, 2.75) is 50.7 Å². The van der Waals surface area contributed by atoms with Gasteiger partial charge in [0.1, 0.15) is 5.75 Å². The van der Waals surface area contributed by atoms with Crippen LogP contribution >= 0.6 is 12.4 Å². The zero-order valence-corrected chi connectivity index (χ0v) is 14.9. The van der Waals surface area contributed by atoms with Crippen LogP contribution in [0, 0.1) is 6.92 Å². The van der Waals surface area contributed by atoms with E-state index in [0.29, 0.717) is 18.0 Å². The van der Waals surface area contributed by atoms with Crippen LogP contribution in [-0.2, 0) is 10.0 Å². The molecule has 0 amide bonds. The predicted octanol–water partition coefficient (Wildman–Crippen LogP) is 2.32. The van der Waals surface area contributed by atoms with Gasteiger partial charge >= 0.3 is 0 Å². The van der Waals surface area contributed by atoms with Gasteiger partial charge in [-0.05, 0) is 57.4 Å². The van der Waals surface area contributed by atoms with E-state index in [1.165, 1.54) is 4.31 Å². The Hall–Kier alpha value is -0.820. The van der Waals surface area contributed by atoms with Gasteiger partial charge in [0.2, 0.25) is 10.0 Å². The van der Waals surface area contributed by atoms with Gasteiger partial charge < -0.3 is 10.5 Å². The number of aryl methyl sites for hydroxylation is 1. The monoisotopic (exact) mass is 348 g/mol. The SMILES string of the molecule is Cc1cc(S(=O)(=O)N2CCCC2CN)ccc1OC(C)C.Cl. The van der Waals surface area contributed by atoms with Crippen molar-refractivity contribution in [2.24, 2.45) is 5.73 Å². The Morgan fingerprint density at radius 1 is 1.41 bits per heavy atom. The Kier molecular flexibility index (Phi) is 6.67. The minimum absolute atomic E-state index is 0. The summed E-state index contributed by atoms with van der Waals surface area (Å²) in [6.45, 7) is 6.67. The van der Waals surface area contributed by atoms with Crippen molar-refractivity contribution in [3.05, 3.63) is 23.8 Å². The van der Waals surface area contributed by atoms with E-state index >= 15 is 0 Å². The average Bonchev–Trinajstić information content (AvgIpc) is 2.89. The van der Waals surface area contributed by atoms with Crippen LogP contribution in [-0.4, -0.2) is 38.0 Å². The van der Waals surface area contributed by atoms with Gasteiger partial charge in [-0.1, -0.05) is 0 Å². The Balaban J connectivity index is 0.00000242. The molecule has 5 nitrogen and oxygen atoms in total. The van der Waals surface area contributed by atoms with E-state index < -0.39 is 10.0 Å². The molecule has 0 radical (unpaired) electrons. The first-order chi connectivity index (χ1) is 9.86. The molecule has 1 aliphatic heterocycles. The normalized spacial score (nSPS) is 19.2. The largest absolute Gasteiger partial charge is 0.491 e. The van der Waals surface area contributed by atoms with E-state index in [-0.39, 0.29) is 24.6 Å². The highest BCUT2D eigenvalue weighted by Crippen LogP contribution is 2.28. The zero-order chi connectivity index (χ0) is 15.6. The van der Waals surface area contributed by atoms with Gasteiger partial charge in [-0.25, -0.2) is 8.42 Å². The third-order valence-electron chi connectivity index (χ3n) is 3.71. The molecule has 0 spiro atoms. The van der Waals surface area contributed by atoms with E-state index in [0.717, 1.165) is 24.2 Å². The third kappa shape index (κ3) is 3.93. The highest BCUT2D eigenvalue weighted by Gasteiger charge is 2.34. The number of halogens is 1. The second kappa shape index (κ2) is 7.64. The van der Waals surface area contributed by atoms with Gasteiger partial charge in [0, 0.05) is 19.1 Å². The number of hydrogen-bond donors (Lipinski definition) is 1. The smallest absolute Gasteiger partial charge is 0.243 e. The quantitative estimate of drug-likeness (QED) is 0.886. The molecular weight excluding hydrogens is 324 g/mol. The number of nitrogens with two attached hydrogens (primary N) is 1. The maximum atomic E-state index is 12.7. The lowest BCUT2D eigenvalue weighted by Gasteiger charge is -2.23. The fourth-order valence-electron chi connectivity index (χ4n) is 2.67. The van der Waals surface area contributed by atoms with Crippen LogP contribution in [0.1, 0.15) is 32.3 Å². The van der Waals surface area contributed by atoms with Crippen LogP contribution in [0.3, 0.4) is 0 Å². The topological polar surface area (TPSA) is 72.6 Å². The highest BCUT2D eigenvalue weighted by molar-refractivity contribution is 7.89. The maximum absolute atomic E-state index is 12.7. The lowest BCUT2D eigenvalue weighted by Crippen LogP contribution is -2.39.